The molecule has 2 aromatic carbocycles. The second-order valence-electron chi connectivity index (χ2n) is 6.72. The van der Waals surface area contributed by atoms with Crippen LogP contribution in [0.15, 0.2) is 36.4 Å². The molecule has 4 heteroatoms. The van der Waals surface area contributed by atoms with Crippen molar-refractivity contribution in [1.29, 1.82) is 0 Å². The Labute approximate surface area is 136 Å². The van der Waals surface area contributed by atoms with Crippen LogP contribution in [-0.2, 0) is 11.3 Å². The summed E-state index contributed by atoms with van der Waals surface area (Å²) < 4.78 is 13.5. The zero-order valence-corrected chi connectivity index (χ0v) is 13.9. The average molecular weight is 312 g/mol. The van der Waals surface area contributed by atoms with E-state index in [2.05, 4.69) is 18.3 Å². The molecule has 1 aliphatic heterocycles. The third-order valence-corrected chi connectivity index (χ3v) is 4.36. The molecule has 3 nitrogen and oxygen atoms in total. The molecule has 0 saturated heterocycles. The standard InChI is InChI=1S/C19H21FN2O/c1-12-8-16-17(9-13(12)2)22(18(23)19(3,4)21-16)11-14-6-5-7-15(20)10-14/h5-10,21H,11H2,1-4H3. The summed E-state index contributed by atoms with van der Waals surface area (Å²) in [6.45, 7) is 8.17. The lowest BCUT2D eigenvalue weighted by Gasteiger charge is -2.40. The number of nitrogens with one attached hydrogen (secondary N) is 1. The van der Waals surface area contributed by atoms with Gasteiger partial charge in [-0.1, -0.05) is 12.1 Å². The molecule has 0 saturated carbocycles. The van der Waals surface area contributed by atoms with Crippen molar-refractivity contribution in [3.63, 3.8) is 0 Å². The number of aryl methyl sites for hydroxylation is 2. The largest absolute Gasteiger partial charge is 0.370 e. The van der Waals surface area contributed by atoms with Crippen LogP contribution in [-0.4, -0.2) is 11.4 Å². The minimum absolute atomic E-state index is 0.0162. The monoisotopic (exact) mass is 312 g/mol. The minimum atomic E-state index is -0.692. The first-order chi connectivity index (χ1) is 10.8. The molecule has 0 radical (unpaired) electrons. The predicted molar refractivity (Wildman–Crippen MR) is 91.2 cm³/mol. The second-order valence-corrected chi connectivity index (χ2v) is 6.72. The number of carbonyl (C=O) groups excluding carboxylic acids is 1. The van der Waals surface area contributed by atoms with Gasteiger partial charge in [0.1, 0.15) is 11.4 Å². The van der Waals surface area contributed by atoms with Crippen molar-refractivity contribution in [1.82, 2.24) is 0 Å². The van der Waals surface area contributed by atoms with Crippen LogP contribution in [0.1, 0.15) is 30.5 Å². The fourth-order valence-corrected chi connectivity index (χ4v) is 2.94. The molecule has 23 heavy (non-hydrogen) atoms. The second kappa shape index (κ2) is 5.37. The van der Waals surface area contributed by atoms with Crippen LogP contribution >= 0.6 is 0 Å². The van der Waals surface area contributed by atoms with Crippen molar-refractivity contribution >= 4 is 17.3 Å². The Morgan fingerprint density at radius 3 is 2.52 bits per heavy atom. The van der Waals surface area contributed by atoms with E-state index in [4.69, 9.17) is 0 Å². The molecule has 3 rings (SSSR count). The van der Waals surface area contributed by atoms with Crippen molar-refractivity contribution in [3.8, 4) is 0 Å². The number of amides is 1. The lowest BCUT2D eigenvalue weighted by molar-refractivity contribution is -0.122. The van der Waals surface area contributed by atoms with E-state index in [1.165, 1.54) is 17.7 Å². The molecule has 1 N–H and O–H groups in total. The van der Waals surface area contributed by atoms with Crippen LogP contribution in [0.2, 0.25) is 0 Å². The van der Waals surface area contributed by atoms with E-state index in [-0.39, 0.29) is 11.7 Å². The summed E-state index contributed by atoms with van der Waals surface area (Å²) in [4.78, 5) is 14.6. The highest BCUT2D eigenvalue weighted by molar-refractivity contribution is 6.07. The molecule has 2 aromatic rings. The van der Waals surface area contributed by atoms with Gasteiger partial charge in [-0.3, -0.25) is 4.79 Å². The highest BCUT2D eigenvalue weighted by Crippen LogP contribution is 2.38. The van der Waals surface area contributed by atoms with E-state index < -0.39 is 5.54 Å². The van der Waals surface area contributed by atoms with E-state index in [1.807, 2.05) is 32.9 Å². The Balaban J connectivity index is 2.07. The van der Waals surface area contributed by atoms with E-state index in [1.54, 1.807) is 11.0 Å². The normalized spacial score (nSPS) is 16.0. The molecule has 1 amide bonds. The van der Waals surface area contributed by atoms with Gasteiger partial charge in [0.2, 0.25) is 0 Å². The maximum Gasteiger partial charge on any atom is 0.252 e. The third-order valence-electron chi connectivity index (χ3n) is 4.36. The van der Waals surface area contributed by atoms with Gasteiger partial charge in [-0.15, -0.1) is 0 Å². The van der Waals surface area contributed by atoms with E-state index in [0.29, 0.717) is 6.54 Å². The summed E-state index contributed by atoms with van der Waals surface area (Å²) in [7, 11) is 0. The van der Waals surface area contributed by atoms with Gasteiger partial charge in [0.05, 0.1) is 17.9 Å². The number of hydrogen-bond donors (Lipinski definition) is 1. The van der Waals surface area contributed by atoms with Gasteiger partial charge in [0.25, 0.3) is 5.91 Å². The molecule has 0 unspecified atom stereocenters. The number of carbonyl (C=O) groups is 1. The topological polar surface area (TPSA) is 32.3 Å². The van der Waals surface area contributed by atoms with Crippen molar-refractivity contribution < 1.29 is 9.18 Å². The fourth-order valence-electron chi connectivity index (χ4n) is 2.94. The molecule has 0 bridgehead atoms. The maximum absolute atomic E-state index is 13.5. The molecule has 1 aliphatic rings. The SMILES string of the molecule is Cc1cc2c(cc1C)N(Cc1cccc(F)c1)C(=O)C(C)(C)N2. The lowest BCUT2D eigenvalue weighted by atomic mass is 9.95. The van der Waals surface area contributed by atoms with E-state index in [0.717, 1.165) is 22.5 Å². The summed E-state index contributed by atoms with van der Waals surface area (Å²) in [5.74, 6) is -0.304. The highest BCUT2D eigenvalue weighted by Gasteiger charge is 2.38. The average Bonchev–Trinajstić information content (AvgIpc) is 2.46. The van der Waals surface area contributed by atoms with Gasteiger partial charge in [0, 0.05) is 0 Å². The maximum atomic E-state index is 13.5. The highest BCUT2D eigenvalue weighted by atomic mass is 19.1. The van der Waals surface area contributed by atoms with Crippen molar-refractivity contribution in [2.24, 2.45) is 0 Å². The molecule has 0 aromatic heterocycles. The molecule has 0 aliphatic carbocycles. The van der Waals surface area contributed by atoms with Crippen LogP contribution in [0.25, 0.3) is 0 Å². The molecule has 120 valence electrons. The number of fused-ring (bicyclic) bond motifs is 1. The zero-order valence-electron chi connectivity index (χ0n) is 13.9. The smallest absolute Gasteiger partial charge is 0.252 e. The Morgan fingerprint density at radius 2 is 1.83 bits per heavy atom. The fraction of sp³-hybridized carbons (Fsp3) is 0.316. The summed E-state index contributed by atoms with van der Waals surface area (Å²) in [6, 6.07) is 10.5. The quantitative estimate of drug-likeness (QED) is 0.902. The first-order valence-corrected chi connectivity index (χ1v) is 7.74. The molecule has 0 atom stereocenters. The van der Waals surface area contributed by atoms with Crippen LogP contribution < -0.4 is 10.2 Å². The number of nitrogens with zero attached hydrogens (tertiary/aromatic N) is 1. The zero-order chi connectivity index (χ0) is 16.8. The van der Waals surface area contributed by atoms with E-state index in [9.17, 15) is 9.18 Å². The molecule has 0 spiro atoms. The van der Waals surface area contributed by atoms with Gasteiger partial charge in [-0.05, 0) is 68.7 Å². The Bertz CT molecular complexity index is 783. The van der Waals surface area contributed by atoms with Gasteiger partial charge < -0.3 is 10.2 Å². The summed E-state index contributed by atoms with van der Waals surface area (Å²) in [5.41, 5.74) is 4.17. The molecule has 1 heterocycles. The van der Waals surface area contributed by atoms with Crippen LogP contribution in [0.3, 0.4) is 0 Å². The van der Waals surface area contributed by atoms with E-state index >= 15 is 0 Å². The van der Waals surface area contributed by atoms with Crippen LogP contribution in [0.4, 0.5) is 15.8 Å². The van der Waals surface area contributed by atoms with Crippen LogP contribution in [0, 0.1) is 19.7 Å². The Hall–Kier alpha value is -2.36. The van der Waals surface area contributed by atoms with Gasteiger partial charge in [0.15, 0.2) is 0 Å². The summed E-state index contributed by atoms with van der Waals surface area (Å²) in [6.07, 6.45) is 0. The number of rotatable bonds is 2. The molecule has 0 fully saturated rings. The first kappa shape index (κ1) is 15.5. The van der Waals surface area contributed by atoms with Crippen molar-refractivity contribution in [2.45, 2.75) is 39.8 Å². The number of benzene rings is 2. The molecular formula is C19H21FN2O. The van der Waals surface area contributed by atoms with Gasteiger partial charge in [-0.2, -0.15) is 0 Å². The Kier molecular flexibility index (Phi) is 3.63. The Morgan fingerprint density at radius 1 is 1.13 bits per heavy atom. The number of hydrogen-bond acceptors (Lipinski definition) is 2. The number of anilines is 2. The van der Waals surface area contributed by atoms with Crippen molar-refractivity contribution in [2.75, 3.05) is 10.2 Å². The third kappa shape index (κ3) is 2.81. The predicted octanol–water partition coefficient (Wildman–Crippen LogP) is 4.18. The van der Waals surface area contributed by atoms with Crippen molar-refractivity contribution in [3.05, 3.63) is 58.9 Å². The van der Waals surface area contributed by atoms with Gasteiger partial charge in [-0.25, -0.2) is 4.39 Å². The summed E-state index contributed by atoms with van der Waals surface area (Å²) in [5, 5.41) is 3.32. The minimum Gasteiger partial charge on any atom is -0.370 e. The lowest BCUT2D eigenvalue weighted by Crippen LogP contribution is -2.53. The van der Waals surface area contributed by atoms with Crippen LogP contribution in [0.5, 0.6) is 0 Å². The molecular weight excluding hydrogens is 291 g/mol. The number of halogens is 1. The van der Waals surface area contributed by atoms with Gasteiger partial charge >= 0.3 is 0 Å². The summed E-state index contributed by atoms with van der Waals surface area (Å²) >= 11 is 0. The first-order valence-electron chi connectivity index (χ1n) is 7.74.